The van der Waals surface area contributed by atoms with Crippen molar-refractivity contribution in [3.05, 3.63) is 11.8 Å². The summed E-state index contributed by atoms with van der Waals surface area (Å²) in [7, 11) is -3.13. The number of aromatic amines is 1. The normalized spacial score (nSPS) is 19.9. The van der Waals surface area contributed by atoms with Gasteiger partial charge in [-0.1, -0.05) is 0 Å². The number of fused-ring (bicyclic) bond motifs is 1. The number of rotatable bonds is 3. The van der Waals surface area contributed by atoms with Gasteiger partial charge in [0, 0.05) is 45.0 Å². The van der Waals surface area contributed by atoms with Crippen LogP contribution in [0.5, 0.6) is 0 Å². The second-order valence-electron chi connectivity index (χ2n) is 6.91. The smallest absolute Gasteiger partial charge is 0.229 e. The van der Waals surface area contributed by atoms with Crippen molar-refractivity contribution < 1.29 is 8.42 Å². The molecule has 2 aliphatic rings. The fraction of sp³-hybridized carbons (Fsp3) is 0.625. The van der Waals surface area contributed by atoms with Gasteiger partial charge in [0.25, 0.3) is 0 Å². The Bertz CT molecular complexity index is 879. The zero-order chi connectivity index (χ0) is 17.6. The summed E-state index contributed by atoms with van der Waals surface area (Å²) >= 11 is 0. The van der Waals surface area contributed by atoms with Crippen LogP contribution in [-0.2, 0) is 10.0 Å². The maximum absolute atomic E-state index is 11.7. The zero-order valence-electron chi connectivity index (χ0n) is 14.7. The van der Waals surface area contributed by atoms with Crippen LogP contribution in [0.3, 0.4) is 0 Å². The van der Waals surface area contributed by atoms with E-state index in [1.165, 1.54) is 23.4 Å². The third-order valence-electron chi connectivity index (χ3n) is 4.99. The monoisotopic (exact) mass is 364 g/mol. The molecule has 4 heterocycles. The van der Waals surface area contributed by atoms with E-state index in [-0.39, 0.29) is 0 Å². The first-order valence-electron chi connectivity index (χ1n) is 8.74. The number of hydrogen-bond acceptors (Lipinski definition) is 6. The van der Waals surface area contributed by atoms with E-state index in [4.69, 9.17) is 9.97 Å². The molecule has 2 aromatic heterocycles. The Labute approximate surface area is 147 Å². The van der Waals surface area contributed by atoms with Crippen molar-refractivity contribution in [2.75, 3.05) is 55.3 Å². The molecule has 2 saturated heterocycles. The van der Waals surface area contributed by atoms with Crippen molar-refractivity contribution in [2.45, 2.75) is 19.8 Å². The average Bonchev–Trinajstić information content (AvgIpc) is 3.21. The summed E-state index contributed by atoms with van der Waals surface area (Å²) in [5, 5.41) is 1.01. The molecule has 136 valence electrons. The van der Waals surface area contributed by atoms with Gasteiger partial charge in [0.1, 0.15) is 11.5 Å². The number of nitrogens with one attached hydrogen (secondary N) is 1. The van der Waals surface area contributed by atoms with Crippen molar-refractivity contribution in [1.29, 1.82) is 0 Å². The fourth-order valence-corrected chi connectivity index (χ4v) is 4.47. The van der Waals surface area contributed by atoms with E-state index in [2.05, 4.69) is 20.9 Å². The van der Waals surface area contributed by atoms with Crippen LogP contribution in [0.4, 0.5) is 11.8 Å². The molecule has 0 unspecified atom stereocenters. The van der Waals surface area contributed by atoms with Gasteiger partial charge in [-0.3, -0.25) is 0 Å². The third-order valence-corrected chi connectivity index (χ3v) is 6.29. The highest BCUT2D eigenvalue weighted by Gasteiger charge is 2.27. The molecule has 2 fully saturated rings. The van der Waals surface area contributed by atoms with Gasteiger partial charge in [0.15, 0.2) is 0 Å². The molecule has 0 saturated carbocycles. The molecule has 1 N–H and O–H groups in total. The van der Waals surface area contributed by atoms with Crippen LogP contribution in [0, 0.1) is 6.92 Å². The Balaban J connectivity index is 1.68. The minimum Gasteiger partial charge on any atom is -0.353 e. The van der Waals surface area contributed by atoms with Crippen LogP contribution in [-0.4, -0.2) is 73.2 Å². The molecule has 0 bridgehead atoms. The van der Waals surface area contributed by atoms with Crippen molar-refractivity contribution in [3.63, 3.8) is 0 Å². The Morgan fingerprint density at radius 3 is 2.32 bits per heavy atom. The van der Waals surface area contributed by atoms with Gasteiger partial charge in [-0.25, -0.2) is 8.42 Å². The SMILES string of the molecule is Cc1cc2c(N3CCN(S(C)(=O)=O)CC3)nc(N3CCCC3)nc2[nH]1. The lowest BCUT2D eigenvalue weighted by atomic mass is 10.3. The highest BCUT2D eigenvalue weighted by Crippen LogP contribution is 2.29. The van der Waals surface area contributed by atoms with Gasteiger partial charge in [0.05, 0.1) is 11.6 Å². The van der Waals surface area contributed by atoms with E-state index in [0.717, 1.165) is 41.6 Å². The zero-order valence-corrected chi connectivity index (χ0v) is 15.5. The Hall–Kier alpha value is -1.87. The molecule has 9 heteroatoms. The standard InChI is InChI=1S/C16H24N6O2S/c1-12-11-13-14(17-12)18-16(21-5-3-4-6-21)19-15(13)20-7-9-22(10-8-20)25(2,23)24/h11H,3-10H2,1-2H3,(H,17,18,19). The summed E-state index contributed by atoms with van der Waals surface area (Å²) in [5.41, 5.74) is 1.91. The van der Waals surface area contributed by atoms with Crippen LogP contribution >= 0.6 is 0 Å². The van der Waals surface area contributed by atoms with Gasteiger partial charge in [-0.2, -0.15) is 14.3 Å². The summed E-state index contributed by atoms with van der Waals surface area (Å²) in [4.78, 5) is 17.3. The summed E-state index contributed by atoms with van der Waals surface area (Å²) < 4.78 is 25.0. The predicted molar refractivity (Wildman–Crippen MR) is 98.7 cm³/mol. The van der Waals surface area contributed by atoms with E-state index < -0.39 is 10.0 Å². The van der Waals surface area contributed by atoms with E-state index >= 15 is 0 Å². The summed E-state index contributed by atoms with van der Waals surface area (Å²) in [6, 6.07) is 2.07. The lowest BCUT2D eigenvalue weighted by Crippen LogP contribution is -2.48. The lowest BCUT2D eigenvalue weighted by molar-refractivity contribution is 0.387. The quantitative estimate of drug-likeness (QED) is 0.873. The average molecular weight is 364 g/mol. The number of H-pyrrole nitrogens is 1. The van der Waals surface area contributed by atoms with Crippen LogP contribution in [0.1, 0.15) is 18.5 Å². The number of anilines is 2. The predicted octanol–water partition coefficient (Wildman–Crippen LogP) is 0.948. The van der Waals surface area contributed by atoms with E-state index in [1.54, 1.807) is 0 Å². The molecule has 25 heavy (non-hydrogen) atoms. The number of hydrogen-bond donors (Lipinski definition) is 1. The number of aromatic nitrogens is 3. The molecule has 0 aromatic carbocycles. The Morgan fingerprint density at radius 1 is 1.00 bits per heavy atom. The van der Waals surface area contributed by atoms with Gasteiger partial charge in [-0.05, 0) is 25.8 Å². The van der Waals surface area contributed by atoms with Crippen molar-refractivity contribution >= 4 is 32.8 Å². The van der Waals surface area contributed by atoms with Gasteiger partial charge < -0.3 is 14.8 Å². The molecule has 8 nitrogen and oxygen atoms in total. The summed E-state index contributed by atoms with van der Waals surface area (Å²) in [6.07, 6.45) is 3.62. The molecule has 0 atom stereocenters. The lowest BCUT2D eigenvalue weighted by Gasteiger charge is -2.34. The molecular formula is C16H24N6O2S. The fourth-order valence-electron chi connectivity index (χ4n) is 3.64. The first kappa shape index (κ1) is 16.6. The van der Waals surface area contributed by atoms with E-state index in [9.17, 15) is 8.42 Å². The molecule has 2 aromatic rings. The summed E-state index contributed by atoms with van der Waals surface area (Å²) in [5.74, 6) is 1.68. The molecule has 4 rings (SSSR count). The number of piperazine rings is 1. The van der Waals surface area contributed by atoms with Crippen molar-refractivity contribution in [2.24, 2.45) is 0 Å². The largest absolute Gasteiger partial charge is 0.353 e. The molecule has 0 amide bonds. The topological polar surface area (TPSA) is 85.4 Å². The minimum absolute atomic E-state index is 0.493. The van der Waals surface area contributed by atoms with Gasteiger partial charge >= 0.3 is 0 Å². The van der Waals surface area contributed by atoms with Gasteiger partial charge in [-0.15, -0.1) is 0 Å². The minimum atomic E-state index is -3.13. The second-order valence-corrected chi connectivity index (χ2v) is 8.89. The Kier molecular flexibility index (Phi) is 4.07. The molecule has 0 spiro atoms. The maximum Gasteiger partial charge on any atom is 0.229 e. The van der Waals surface area contributed by atoms with Crippen LogP contribution in [0.15, 0.2) is 6.07 Å². The third kappa shape index (κ3) is 3.18. The second kappa shape index (κ2) is 6.14. The molecule has 0 radical (unpaired) electrons. The van der Waals surface area contributed by atoms with Crippen LogP contribution < -0.4 is 9.80 Å². The van der Waals surface area contributed by atoms with E-state index in [1.807, 2.05) is 6.92 Å². The highest BCUT2D eigenvalue weighted by molar-refractivity contribution is 7.88. The van der Waals surface area contributed by atoms with Crippen LogP contribution in [0.2, 0.25) is 0 Å². The number of aryl methyl sites for hydroxylation is 1. The Morgan fingerprint density at radius 2 is 1.68 bits per heavy atom. The van der Waals surface area contributed by atoms with Crippen LogP contribution in [0.25, 0.3) is 11.0 Å². The summed E-state index contributed by atoms with van der Waals surface area (Å²) in [6.45, 7) is 6.27. The highest BCUT2D eigenvalue weighted by atomic mass is 32.2. The van der Waals surface area contributed by atoms with Gasteiger partial charge in [0.2, 0.25) is 16.0 Å². The first-order chi connectivity index (χ1) is 11.9. The molecule has 0 aliphatic carbocycles. The van der Waals surface area contributed by atoms with E-state index in [0.29, 0.717) is 26.2 Å². The number of sulfonamides is 1. The van der Waals surface area contributed by atoms with Crippen molar-refractivity contribution in [3.8, 4) is 0 Å². The molecule has 2 aliphatic heterocycles. The van der Waals surface area contributed by atoms with Crippen molar-refractivity contribution in [1.82, 2.24) is 19.3 Å². The first-order valence-corrected chi connectivity index (χ1v) is 10.6. The maximum atomic E-state index is 11.7. The molecular weight excluding hydrogens is 340 g/mol. The number of nitrogens with zero attached hydrogens (tertiary/aromatic N) is 5.